The van der Waals surface area contributed by atoms with Crippen molar-refractivity contribution in [3.05, 3.63) is 78.8 Å². The van der Waals surface area contributed by atoms with Gasteiger partial charge in [-0.25, -0.2) is 9.97 Å². The monoisotopic (exact) mass is 542 g/mol. The van der Waals surface area contributed by atoms with Crippen molar-refractivity contribution in [1.82, 2.24) is 19.9 Å². The fourth-order valence-corrected chi connectivity index (χ4v) is 4.36. The van der Waals surface area contributed by atoms with Gasteiger partial charge in [-0.3, -0.25) is 9.78 Å². The van der Waals surface area contributed by atoms with Crippen LogP contribution in [0.2, 0.25) is 0 Å². The normalized spacial score (nSPS) is 14.8. The van der Waals surface area contributed by atoms with E-state index in [9.17, 15) is 4.79 Å². The smallest absolute Gasteiger partial charge is 0.307 e. The Morgan fingerprint density at radius 1 is 1.07 bits per heavy atom. The summed E-state index contributed by atoms with van der Waals surface area (Å²) >= 11 is 0. The highest BCUT2D eigenvalue weighted by atomic mass is 16.5. The topological polar surface area (TPSA) is 132 Å². The summed E-state index contributed by atoms with van der Waals surface area (Å²) in [4.78, 5) is 30.8. The number of benzene rings is 2. The van der Waals surface area contributed by atoms with Crippen LogP contribution in [0.15, 0.2) is 73.2 Å². The number of carboxylic acids is 1. The molecule has 11 heteroatoms. The molecule has 2 N–H and O–H groups in total. The molecule has 0 amide bonds. The van der Waals surface area contributed by atoms with Gasteiger partial charge in [0.1, 0.15) is 17.7 Å². The number of ether oxygens (including phenoxy) is 3. The Hall–Kier alpha value is -4.93. The summed E-state index contributed by atoms with van der Waals surface area (Å²) in [7, 11) is 0. The highest BCUT2D eigenvalue weighted by Crippen LogP contribution is 2.30. The number of aliphatic carboxylic acids is 1. The summed E-state index contributed by atoms with van der Waals surface area (Å²) in [6.07, 6.45) is 6.76. The maximum atomic E-state index is 10.9. The van der Waals surface area contributed by atoms with Crippen LogP contribution in [0, 0.1) is 0 Å². The molecule has 1 aliphatic rings. The van der Waals surface area contributed by atoms with Gasteiger partial charge in [0.25, 0.3) is 0 Å². The molecule has 2 aromatic carbocycles. The van der Waals surface area contributed by atoms with E-state index in [0.717, 1.165) is 36.7 Å². The lowest BCUT2D eigenvalue weighted by Crippen LogP contribution is -2.41. The Morgan fingerprint density at radius 3 is 2.70 bits per heavy atom. The zero-order valence-corrected chi connectivity index (χ0v) is 22.1. The summed E-state index contributed by atoms with van der Waals surface area (Å²) < 4.78 is 17.8. The maximum absolute atomic E-state index is 10.9. The first kappa shape index (κ1) is 26.7. The van der Waals surface area contributed by atoms with E-state index in [1.54, 1.807) is 48.9 Å². The third-order valence-electron chi connectivity index (χ3n) is 6.14. The summed E-state index contributed by atoms with van der Waals surface area (Å²) in [6, 6.07) is 16.2. The minimum absolute atomic E-state index is 0.0101. The molecule has 1 fully saturated rings. The van der Waals surface area contributed by atoms with Crippen LogP contribution < -0.4 is 24.4 Å². The van der Waals surface area contributed by atoms with E-state index >= 15 is 0 Å². The van der Waals surface area contributed by atoms with Gasteiger partial charge in [-0.1, -0.05) is 24.3 Å². The third-order valence-corrected chi connectivity index (χ3v) is 6.14. The first-order valence-electron chi connectivity index (χ1n) is 13.1. The van der Waals surface area contributed by atoms with Gasteiger partial charge in [-0.05, 0) is 49.6 Å². The zero-order valence-electron chi connectivity index (χ0n) is 22.1. The van der Waals surface area contributed by atoms with Crippen molar-refractivity contribution >= 4 is 23.6 Å². The van der Waals surface area contributed by atoms with Crippen molar-refractivity contribution in [2.45, 2.75) is 32.3 Å². The first-order valence-corrected chi connectivity index (χ1v) is 13.1. The molecule has 0 aliphatic carbocycles. The molecule has 0 radical (unpaired) electrons. The van der Waals surface area contributed by atoms with Gasteiger partial charge in [0.15, 0.2) is 17.3 Å². The molecular formula is C29H30N6O5. The molecule has 5 rings (SSSR count). The van der Waals surface area contributed by atoms with Gasteiger partial charge in [0, 0.05) is 18.8 Å². The molecule has 1 atom stereocenters. The second-order valence-corrected chi connectivity index (χ2v) is 9.13. The average molecular weight is 543 g/mol. The van der Waals surface area contributed by atoms with Crippen LogP contribution in [0.4, 0.5) is 17.6 Å². The summed E-state index contributed by atoms with van der Waals surface area (Å²) in [5.41, 5.74) is 0.685. The molecule has 11 nitrogen and oxygen atoms in total. The summed E-state index contributed by atoms with van der Waals surface area (Å²) in [5.74, 6) is 3.00. The van der Waals surface area contributed by atoms with Crippen molar-refractivity contribution in [1.29, 1.82) is 0 Å². The van der Waals surface area contributed by atoms with E-state index < -0.39 is 5.97 Å². The quantitative estimate of drug-likeness (QED) is 0.269. The van der Waals surface area contributed by atoms with Crippen LogP contribution in [0.1, 0.15) is 25.3 Å². The SMILES string of the molecule is CCOc1ccccc1OC1CCCN(c2cncc(Nc3nccc(Oc4ccc(CC(=O)O)cc4)n3)n2)C1. The lowest BCUT2D eigenvalue weighted by atomic mass is 10.1. The van der Waals surface area contributed by atoms with E-state index in [2.05, 4.69) is 25.2 Å². The molecule has 0 saturated carbocycles. The van der Waals surface area contributed by atoms with Crippen LogP contribution >= 0.6 is 0 Å². The van der Waals surface area contributed by atoms with Gasteiger partial charge in [-0.15, -0.1) is 0 Å². The van der Waals surface area contributed by atoms with E-state index in [1.807, 2.05) is 31.2 Å². The number of piperidine rings is 1. The van der Waals surface area contributed by atoms with Crippen LogP contribution in [-0.4, -0.2) is 56.8 Å². The van der Waals surface area contributed by atoms with Crippen molar-refractivity contribution in [3.63, 3.8) is 0 Å². The van der Waals surface area contributed by atoms with Gasteiger partial charge < -0.3 is 29.5 Å². The van der Waals surface area contributed by atoms with Gasteiger partial charge >= 0.3 is 5.97 Å². The Morgan fingerprint density at radius 2 is 1.90 bits per heavy atom. The fraction of sp³-hybridized carbons (Fsp3) is 0.276. The maximum Gasteiger partial charge on any atom is 0.307 e. The molecule has 2 aromatic heterocycles. The van der Waals surface area contributed by atoms with Crippen molar-refractivity contribution in [3.8, 4) is 23.1 Å². The number of carboxylic acid groups (broad SMARTS) is 1. The molecule has 4 aromatic rings. The zero-order chi connectivity index (χ0) is 27.7. The molecule has 0 spiro atoms. The number of hydrogen-bond acceptors (Lipinski definition) is 10. The van der Waals surface area contributed by atoms with Crippen LogP contribution in [0.3, 0.4) is 0 Å². The number of rotatable bonds is 11. The number of carbonyl (C=O) groups is 1. The lowest BCUT2D eigenvalue weighted by molar-refractivity contribution is -0.136. The average Bonchev–Trinajstić information content (AvgIpc) is 2.96. The van der Waals surface area contributed by atoms with Crippen molar-refractivity contribution in [2.24, 2.45) is 0 Å². The molecule has 1 unspecified atom stereocenters. The number of nitrogens with one attached hydrogen (secondary N) is 1. The second-order valence-electron chi connectivity index (χ2n) is 9.13. The summed E-state index contributed by atoms with van der Waals surface area (Å²) in [6.45, 7) is 4.05. The summed E-state index contributed by atoms with van der Waals surface area (Å²) in [5, 5.41) is 12.0. The van der Waals surface area contributed by atoms with Crippen molar-refractivity contribution in [2.75, 3.05) is 29.9 Å². The first-order chi connectivity index (χ1) is 19.6. The van der Waals surface area contributed by atoms with E-state index in [4.69, 9.17) is 24.3 Å². The molecule has 0 bridgehead atoms. The van der Waals surface area contributed by atoms with Crippen LogP contribution in [-0.2, 0) is 11.2 Å². The second kappa shape index (κ2) is 12.7. The lowest BCUT2D eigenvalue weighted by Gasteiger charge is -2.33. The molecule has 3 heterocycles. The van der Waals surface area contributed by atoms with Gasteiger partial charge in [-0.2, -0.15) is 4.98 Å². The number of para-hydroxylation sites is 2. The van der Waals surface area contributed by atoms with Gasteiger partial charge in [0.2, 0.25) is 11.8 Å². The Balaban J connectivity index is 1.22. The van der Waals surface area contributed by atoms with Crippen LogP contribution in [0.5, 0.6) is 23.1 Å². The Kier molecular flexibility index (Phi) is 8.50. The molecule has 206 valence electrons. The predicted octanol–water partition coefficient (Wildman–Crippen LogP) is 4.88. The van der Waals surface area contributed by atoms with Gasteiger partial charge in [0.05, 0.1) is 32.0 Å². The number of anilines is 3. The molecule has 40 heavy (non-hydrogen) atoms. The van der Waals surface area contributed by atoms with E-state index in [1.165, 1.54) is 0 Å². The number of nitrogens with zero attached hydrogens (tertiary/aromatic N) is 5. The van der Waals surface area contributed by atoms with E-state index in [0.29, 0.717) is 42.1 Å². The van der Waals surface area contributed by atoms with E-state index in [-0.39, 0.29) is 12.5 Å². The molecular weight excluding hydrogens is 512 g/mol. The van der Waals surface area contributed by atoms with Crippen LogP contribution in [0.25, 0.3) is 0 Å². The Labute approximate surface area is 231 Å². The standard InChI is InChI=1S/C29H30N6O5/c1-2-38-23-7-3-4-8-24(23)39-22-6-5-15-35(19-22)26-18-30-17-25(32-26)33-29-31-14-13-27(34-29)40-21-11-9-20(10-12-21)16-28(36)37/h3-4,7-14,17-18,22H,2,5-6,15-16,19H2,1H3,(H,36,37)(H,31,32,33,34). The number of aromatic nitrogens is 4. The minimum atomic E-state index is -0.885. The Bertz CT molecular complexity index is 1430. The molecule has 1 saturated heterocycles. The highest BCUT2D eigenvalue weighted by Gasteiger charge is 2.24. The third kappa shape index (κ3) is 7.13. The predicted molar refractivity (Wildman–Crippen MR) is 149 cm³/mol. The largest absolute Gasteiger partial charge is 0.490 e. The van der Waals surface area contributed by atoms with Crippen molar-refractivity contribution < 1.29 is 24.1 Å². The number of hydrogen-bond donors (Lipinski definition) is 2. The molecule has 1 aliphatic heterocycles. The highest BCUT2D eigenvalue weighted by molar-refractivity contribution is 5.70. The fourth-order valence-electron chi connectivity index (χ4n) is 4.36. The minimum Gasteiger partial charge on any atom is -0.490 e.